The molecule has 0 atom stereocenters. The maximum atomic E-state index is 12.2. The van der Waals surface area contributed by atoms with Crippen molar-refractivity contribution in [2.45, 2.75) is 6.54 Å². The number of nitro benzene ring substituents is 1. The van der Waals surface area contributed by atoms with Gasteiger partial charge in [0.05, 0.1) is 18.1 Å². The summed E-state index contributed by atoms with van der Waals surface area (Å²) < 4.78 is -0.797. The zero-order chi connectivity index (χ0) is 13.6. The van der Waals surface area contributed by atoms with Gasteiger partial charge in [0.15, 0.2) is 0 Å². The average Bonchev–Trinajstić information content (AvgIpc) is 2.29. The first-order chi connectivity index (χ1) is 8.50. The lowest BCUT2D eigenvalue weighted by atomic mass is 10.2. The number of nitro groups is 1. The molecule has 18 heavy (non-hydrogen) atoms. The summed E-state index contributed by atoms with van der Waals surface area (Å²) in [4.78, 5) is 10.1. The van der Waals surface area contributed by atoms with Crippen molar-refractivity contribution >= 4 is 5.69 Å². The Bertz CT molecular complexity index is 404. The number of quaternary nitrogens is 1. The highest BCUT2D eigenvalue weighted by Gasteiger charge is 2.18. The van der Waals surface area contributed by atoms with Crippen molar-refractivity contribution in [2.75, 3.05) is 26.3 Å². The molecule has 0 heterocycles. The van der Waals surface area contributed by atoms with E-state index in [2.05, 4.69) is 0 Å². The van der Waals surface area contributed by atoms with Gasteiger partial charge in [-0.15, -0.1) is 0 Å². The van der Waals surface area contributed by atoms with Gasteiger partial charge in [-0.2, -0.15) is 0 Å². The van der Waals surface area contributed by atoms with E-state index in [0.29, 0.717) is 5.56 Å². The minimum atomic E-state index is -0.797. The van der Waals surface area contributed by atoms with Crippen molar-refractivity contribution in [3.8, 4) is 0 Å². The molecule has 0 saturated heterocycles. The Balaban J connectivity index is 2.86. The Morgan fingerprint density at radius 1 is 1.22 bits per heavy atom. The summed E-state index contributed by atoms with van der Waals surface area (Å²) in [5, 5.41) is 40.5. The van der Waals surface area contributed by atoms with E-state index in [-0.39, 0.29) is 38.5 Å². The fourth-order valence-electron chi connectivity index (χ4n) is 1.74. The van der Waals surface area contributed by atoms with Crippen molar-refractivity contribution in [2.24, 2.45) is 0 Å². The smallest absolute Gasteiger partial charge is 0.269 e. The number of rotatable bonds is 7. The Kier molecular flexibility index (Phi) is 5.17. The van der Waals surface area contributed by atoms with E-state index in [0.717, 1.165) is 0 Å². The maximum Gasteiger partial charge on any atom is 0.269 e. The monoisotopic (exact) mass is 256 g/mol. The highest BCUT2D eigenvalue weighted by molar-refractivity contribution is 5.33. The Labute approximate surface area is 104 Å². The molecule has 0 bridgehead atoms. The molecule has 0 unspecified atom stereocenters. The fraction of sp³-hybridized carbons (Fsp3) is 0.455. The molecule has 100 valence electrons. The van der Waals surface area contributed by atoms with Crippen LogP contribution >= 0.6 is 0 Å². The van der Waals surface area contributed by atoms with E-state index in [1.54, 1.807) is 6.07 Å². The van der Waals surface area contributed by atoms with Crippen LogP contribution in [0.15, 0.2) is 24.3 Å². The van der Waals surface area contributed by atoms with Gasteiger partial charge >= 0.3 is 0 Å². The summed E-state index contributed by atoms with van der Waals surface area (Å²) in [6.45, 7) is -0.702. The number of aliphatic hydroxyl groups is 2. The van der Waals surface area contributed by atoms with Crippen LogP contribution in [0.4, 0.5) is 5.69 Å². The van der Waals surface area contributed by atoms with Crippen LogP contribution in [0.3, 0.4) is 0 Å². The molecule has 0 spiro atoms. The number of hydrogen-bond acceptors (Lipinski definition) is 5. The molecule has 7 nitrogen and oxygen atoms in total. The lowest BCUT2D eigenvalue weighted by Gasteiger charge is -2.41. The second kappa shape index (κ2) is 6.41. The molecule has 1 aromatic carbocycles. The van der Waals surface area contributed by atoms with Crippen LogP contribution in [0.25, 0.3) is 0 Å². The Hall–Kier alpha value is -1.54. The highest BCUT2D eigenvalue weighted by atomic mass is 16.6. The Morgan fingerprint density at radius 2 is 1.83 bits per heavy atom. The third kappa shape index (κ3) is 4.04. The molecule has 0 aliphatic heterocycles. The highest BCUT2D eigenvalue weighted by Crippen LogP contribution is 2.18. The molecule has 0 fully saturated rings. The molecular formula is C11H16N2O5. The molecule has 1 aromatic rings. The number of nitrogens with zero attached hydrogens (tertiary/aromatic N) is 2. The third-order valence-corrected chi connectivity index (χ3v) is 2.61. The van der Waals surface area contributed by atoms with Crippen molar-refractivity contribution in [3.05, 3.63) is 45.2 Å². The van der Waals surface area contributed by atoms with Gasteiger partial charge in [0.2, 0.25) is 0 Å². The molecule has 7 heteroatoms. The predicted octanol–water partition coefficient (Wildman–Crippen LogP) is 0.394. The number of non-ortho nitro benzene ring substituents is 1. The first kappa shape index (κ1) is 14.5. The number of hydroxylamine groups is 3. The summed E-state index contributed by atoms with van der Waals surface area (Å²) >= 11 is 0. The second-order valence-electron chi connectivity index (χ2n) is 4.04. The summed E-state index contributed by atoms with van der Waals surface area (Å²) in [5.74, 6) is 0. The lowest BCUT2D eigenvalue weighted by Crippen LogP contribution is -2.45. The molecule has 0 saturated carbocycles. The van der Waals surface area contributed by atoms with Gasteiger partial charge < -0.3 is 20.1 Å². The largest absolute Gasteiger partial charge is 0.632 e. The van der Waals surface area contributed by atoms with Crippen molar-refractivity contribution in [1.82, 2.24) is 0 Å². The molecular weight excluding hydrogens is 240 g/mol. The van der Waals surface area contributed by atoms with E-state index in [9.17, 15) is 15.3 Å². The van der Waals surface area contributed by atoms with E-state index < -0.39 is 9.57 Å². The normalized spacial score (nSPS) is 11.5. The lowest BCUT2D eigenvalue weighted by molar-refractivity contribution is -0.894. The fourth-order valence-corrected chi connectivity index (χ4v) is 1.74. The van der Waals surface area contributed by atoms with E-state index in [1.165, 1.54) is 18.2 Å². The third-order valence-electron chi connectivity index (χ3n) is 2.61. The van der Waals surface area contributed by atoms with E-state index >= 15 is 0 Å². The average molecular weight is 256 g/mol. The molecule has 1 rings (SSSR count). The number of benzene rings is 1. The quantitative estimate of drug-likeness (QED) is 0.417. The molecule has 0 aromatic heterocycles. The van der Waals surface area contributed by atoms with Crippen LogP contribution in [-0.4, -0.2) is 46.1 Å². The van der Waals surface area contributed by atoms with Crippen molar-refractivity contribution in [1.29, 1.82) is 0 Å². The van der Waals surface area contributed by atoms with Crippen LogP contribution in [0.1, 0.15) is 5.56 Å². The van der Waals surface area contributed by atoms with Crippen LogP contribution in [0.2, 0.25) is 0 Å². The summed E-state index contributed by atoms with van der Waals surface area (Å²) in [7, 11) is 0. The standard InChI is InChI=1S/C11H16N2O5/c14-6-4-13(18,5-7-15)9-10-2-1-3-11(8-10)12(16)17/h1-3,8,14-15H,4-7,9H2. The molecule has 2 N–H and O–H groups in total. The summed E-state index contributed by atoms with van der Waals surface area (Å²) in [6.07, 6.45) is 0. The SMILES string of the molecule is O=[N+]([O-])c1cccc(C[N+]([O-])(CCO)CCO)c1. The van der Waals surface area contributed by atoms with Gasteiger partial charge in [0, 0.05) is 17.7 Å². The van der Waals surface area contributed by atoms with Crippen LogP contribution < -0.4 is 0 Å². The van der Waals surface area contributed by atoms with Gasteiger partial charge in [-0.1, -0.05) is 12.1 Å². The summed E-state index contributed by atoms with van der Waals surface area (Å²) in [5.41, 5.74) is 0.438. The zero-order valence-electron chi connectivity index (χ0n) is 9.86. The number of aliphatic hydroxyl groups excluding tert-OH is 2. The van der Waals surface area contributed by atoms with Crippen LogP contribution in [-0.2, 0) is 6.54 Å². The van der Waals surface area contributed by atoms with Crippen LogP contribution in [0.5, 0.6) is 0 Å². The minimum absolute atomic E-state index is 0.0111. The van der Waals surface area contributed by atoms with E-state index in [4.69, 9.17) is 10.2 Å². The summed E-state index contributed by atoms with van der Waals surface area (Å²) in [6, 6.07) is 5.81. The topological polar surface area (TPSA) is 107 Å². The second-order valence-corrected chi connectivity index (χ2v) is 4.04. The van der Waals surface area contributed by atoms with Gasteiger partial charge in [-0.05, 0) is 0 Å². The number of hydrogen-bond donors (Lipinski definition) is 2. The van der Waals surface area contributed by atoms with Gasteiger partial charge in [0.1, 0.15) is 19.6 Å². The predicted molar refractivity (Wildman–Crippen MR) is 64.3 cm³/mol. The molecule has 0 aliphatic carbocycles. The van der Waals surface area contributed by atoms with Crippen molar-refractivity contribution < 1.29 is 19.8 Å². The van der Waals surface area contributed by atoms with Gasteiger partial charge in [-0.25, -0.2) is 0 Å². The molecule has 0 amide bonds. The van der Waals surface area contributed by atoms with Crippen LogP contribution in [0, 0.1) is 15.3 Å². The zero-order valence-corrected chi connectivity index (χ0v) is 9.86. The first-order valence-corrected chi connectivity index (χ1v) is 5.53. The first-order valence-electron chi connectivity index (χ1n) is 5.53. The van der Waals surface area contributed by atoms with Gasteiger partial charge in [0.25, 0.3) is 5.69 Å². The Morgan fingerprint density at radius 3 is 2.33 bits per heavy atom. The van der Waals surface area contributed by atoms with Crippen molar-refractivity contribution in [3.63, 3.8) is 0 Å². The maximum absolute atomic E-state index is 12.2. The minimum Gasteiger partial charge on any atom is -0.632 e. The van der Waals surface area contributed by atoms with E-state index in [1.807, 2.05) is 0 Å². The van der Waals surface area contributed by atoms with Gasteiger partial charge in [-0.3, -0.25) is 10.1 Å². The molecule has 0 aliphatic rings. The molecule has 0 radical (unpaired) electrons.